The number of aromatic nitrogens is 2. The summed E-state index contributed by atoms with van der Waals surface area (Å²) in [6.07, 6.45) is 0. The molecular weight excluding hydrogens is 468 g/mol. The van der Waals surface area contributed by atoms with Gasteiger partial charge >= 0.3 is 0 Å². The minimum absolute atomic E-state index is 0.0519. The third kappa shape index (κ3) is 6.87. The molecule has 0 saturated heterocycles. The monoisotopic (exact) mass is 483 g/mol. The molecule has 3 rings (SSSR count). The number of nitrogens with one attached hydrogen (secondary N) is 2. The second-order valence-electron chi connectivity index (χ2n) is 5.99. The molecule has 0 spiro atoms. The maximum Gasteiger partial charge on any atom is 0.288 e. The number of rotatable bonds is 9. The van der Waals surface area contributed by atoms with Gasteiger partial charge in [0.25, 0.3) is 11.4 Å². The summed E-state index contributed by atoms with van der Waals surface area (Å²) < 4.78 is 25.3. The van der Waals surface area contributed by atoms with Crippen molar-refractivity contribution in [3.05, 3.63) is 58.1 Å². The predicted molar refractivity (Wildman–Crippen MR) is 119 cm³/mol. The number of thioether (sulfide) groups is 2. The standard InChI is InChI=1S/C18H15F2N5O3S3/c1-10-2-5-12(25(27)28)8-14(10)22-15(26)9-29-18-24-23-17(31-18)21-11-3-6-13(7-4-11)30-16(19)20/h2-8,16H,9H2,1H3,(H,21,23)(H,22,26). The van der Waals surface area contributed by atoms with Gasteiger partial charge in [0.2, 0.25) is 11.0 Å². The summed E-state index contributed by atoms with van der Waals surface area (Å²) in [5, 5.41) is 25.1. The highest BCUT2D eigenvalue weighted by Crippen LogP contribution is 2.30. The zero-order valence-electron chi connectivity index (χ0n) is 15.9. The Kier molecular flexibility index (Phi) is 7.76. The Morgan fingerprint density at radius 2 is 1.97 bits per heavy atom. The van der Waals surface area contributed by atoms with Crippen molar-refractivity contribution in [2.24, 2.45) is 0 Å². The van der Waals surface area contributed by atoms with Crippen molar-refractivity contribution in [1.82, 2.24) is 10.2 Å². The van der Waals surface area contributed by atoms with E-state index in [1.807, 2.05) is 0 Å². The number of carbonyl (C=O) groups excluding carboxylic acids is 1. The Labute approximate surface area is 188 Å². The number of carbonyl (C=O) groups is 1. The van der Waals surface area contributed by atoms with E-state index in [0.717, 1.165) is 0 Å². The molecule has 0 radical (unpaired) electrons. The smallest absolute Gasteiger partial charge is 0.288 e. The van der Waals surface area contributed by atoms with Crippen molar-refractivity contribution in [2.45, 2.75) is 21.9 Å². The van der Waals surface area contributed by atoms with Crippen LogP contribution in [0.4, 0.5) is 31.0 Å². The molecule has 0 aliphatic heterocycles. The number of alkyl halides is 2. The van der Waals surface area contributed by atoms with Gasteiger partial charge in [-0.2, -0.15) is 8.78 Å². The molecule has 3 aromatic rings. The van der Waals surface area contributed by atoms with Crippen LogP contribution in [0, 0.1) is 17.0 Å². The van der Waals surface area contributed by atoms with Gasteiger partial charge < -0.3 is 10.6 Å². The quantitative estimate of drug-likeness (QED) is 0.232. The third-order valence-electron chi connectivity index (χ3n) is 3.77. The molecule has 0 aliphatic rings. The Morgan fingerprint density at radius 1 is 1.23 bits per heavy atom. The van der Waals surface area contributed by atoms with Crippen LogP contribution in [0.1, 0.15) is 5.56 Å². The van der Waals surface area contributed by atoms with E-state index in [9.17, 15) is 23.7 Å². The molecule has 0 saturated carbocycles. The Morgan fingerprint density at radius 3 is 2.65 bits per heavy atom. The molecule has 0 atom stereocenters. The second kappa shape index (κ2) is 10.5. The number of nitrogens with zero attached hydrogens (tertiary/aromatic N) is 3. The van der Waals surface area contributed by atoms with Gasteiger partial charge in [-0.15, -0.1) is 10.2 Å². The van der Waals surface area contributed by atoms with Crippen LogP contribution in [-0.2, 0) is 4.79 Å². The number of halogens is 2. The van der Waals surface area contributed by atoms with Crippen LogP contribution in [0.5, 0.6) is 0 Å². The van der Waals surface area contributed by atoms with Gasteiger partial charge in [-0.05, 0) is 36.8 Å². The molecule has 2 aromatic carbocycles. The fourth-order valence-electron chi connectivity index (χ4n) is 2.33. The number of non-ortho nitro benzene ring substituents is 1. The Hall–Kier alpha value is -2.77. The SMILES string of the molecule is Cc1ccc([N+](=O)[O-])cc1NC(=O)CSc1nnc(Nc2ccc(SC(F)F)cc2)s1. The highest BCUT2D eigenvalue weighted by Gasteiger charge is 2.13. The van der Waals surface area contributed by atoms with Crippen LogP contribution in [0.15, 0.2) is 51.7 Å². The summed E-state index contributed by atoms with van der Waals surface area (Å²) in [5.41, 5.74) is 1.66. The molecule has 13 heteroatoms. The fourth-order valence-corrected chi connectivity index (χ4v) is 4.40. The summed E-state index contributed by atoms with van der Waals surface area (Å²) in [5.74, 6) is -2.75. The first-order valence-electron chi connectivity index (χ1n) is 8.63. The van der Waals surface area contributed by atoms with Crippen LogP contribution < -0.4 is 10.6 Å². The number of hydrogen-bond acceptors (Lipinski definition) is 9. The Balaban J connectivity index is 1.52. The molecule has 0 aliphatic carbocycles. The van der Waals surface area contributed by atoms with Crippen molar-refractivity contribution in [2.75, 3.05) is 16.4 Å². The van der Waals surface area contributed by atoms with Crippen LogP contribution in [0.3, 0.4) is 0 Å². The lowest BCUT2D eigenvalue weighted by atomic mass is 10.2. The van der Waals surface area contributed by atoms with Gasteiger partial charge in [0.15, 0.2) is 4.34 Å². The van der Waals surface area contributed by atoms with E-state index in [4.69, 9.17) is 0 Å². The number of nitro benzene ring substituents is 1. The minimum Gasteiger partial charge on any atom is -0.330 e. The normalized spacial score (nSPS) is 10.8. The maximum absolute atomic E-state index is 12.4. The lowest BCUT2D eigenvalue weighted by molar-refractivity contribution is -0.384. The van der Waals surface area contributed by atoms with Gasteiger partial charge in [0.05, 0.1) is 16.4 Å². The molecule has 162 valence electrons. The molecule has 2 N–H and O–H groups in total. The van der Waals surface area contributed by atoms with Crippen molar-refractivity contribution in [3.8, 4) is 0 Å². The number of aryl methyl sites for hydroxylation is 1. The zero-order chi connectivity index (χ0) is 22.4. The first-order chi connectivity index (χ1) is 14.8. The fraction of sp³-hybridized carbons (Fsp3) is 0.167. The molecule has 8 nitrogen and oxygen atoms in total. The van der Waals surface area contributed by atoms with Gasteiger partial charge in [0, 0.05) is 22.7 Å². The van der Waals surface area contributed by atoms with E-state index in [2.05, 4.69) is 20.8 Å². The number of anilines is 3. The molecule has 1 aromatic heterocycles. The van der Waals surface area contributed by atoms with Crippen molar-refractivity contribution >= 4 is 63.0 Å². The van der Waals surface area contributed by atoms with Gasteiger partial charge in [-0.25, -0.2) is 0 Å². The van der Waals surface area contributed by atoms with Gasteiger partial charge in [0.1, 0.15) is 0 Å². The van der Waals surface area contributed by atoms with E-state index in [-0.39, 0.29) is 17.3 Å². The summed E-state index contributed by atoms with van der Waals surface area (Å²) >= 11 is 2.88. The van der Waals surface area contributed by atoms with E-state index in [0.29, 0.717) is 43.1 Å². The van der Waals surface area contributed by atoms with Gasteiger partial charge in [-0.3, -0.25) is 14.9 Å². The largest absolute Gasteiger partial charge is 0.330 e. The first kappa shape index (κ1) is 22.9. The van der Waals surface area contributed by atoms with Crippen molar-refractivity contribution in [3.63, 3.8) is 0 Å². The zero-order valence-corrected chi connectivity index (χ0v) is 18.3. The summed E-state index contributed by atoms with van der Waals surface area (Å²) in [6, 6.07) is 10.7. The average Bonchev–Trinajstić information content (AvgIpc) is 3.16. The van der Waals surface area contributed by atoms with Crippen LogP contribution in [0.25, 0.3) is 0 Å². The van der Waals surface area contributed by atoms with E-state index in [1.54, 1.807) is 37.3 Å². The lowest BCUT2D eigenvalue weighted by Gasteiger charge is -2.07. The molecular formula is C18H15F2N5O3S3. The summed E-state index contributed by atoms with van der Waals surface area (Å²) in [4.78, 5) is 23.0. The van der Waals surface area contributed by atoms with E-state index in [1.165, 1.54) is 35.2 Å². The van der Waals surface area contributed by atoms with Crippen molar-refractivity contribution in [1.29, 1.82) is 0 Å². The molecule has 0 bridgehead atoms. The number of benzene rings is 2. The molecule has 1 heterocycles. The highest BCUT2D eigenvalue weighted by atomic mass is 32.2. The topological polar surface area (TPSA) is 110 Å². The lowest BCUT2D eigenvalue weighted by Crippen LogP contribution is -2.15. The molecule has 0 unspecified atom stereocenters. The van der Waals surface area contributed by atoms with Crippen molar-refractivity contribution < 1.29 is 18.5 Å². The summed E-state index contributed by atoms with van der Waals surface area (Å²) in [6.45, 7) is 1.74. The van der Waals surface area contributed by atoms with E-state index < -0.39 is 10.7 Å². The minimum atomic E-state index is -2.47. The van der Waals surface area contributed by atoms with Crippen LogP contribution in [-0.4, -0.2) is 32.5 Å². The number of amides is 1. The first-order valence-corrected chi connectivity index (χ1v) is 11.3. The molecule has 1 amide bonds. The molecule has 31 heavy (non-hydrogen) atoms. The maximum atomic E-state index is 12.4. The van der Waals surface area contributed by atoms with Crippen LogP contribution >= 0.6 is 34.9 Å². The number of nitro groups is 1. The third-order valence-corrected chi connectivity index (χ3v) is 6.46. The second-order valence-corrected chi connectivity index (χ2v) is 9.26. The average molecular weight is 484 g/mol. The summed E-state index contributed by atoms with van der Waals surface area (Å²) in [7, 11) is 0. The Bertz CT molecular complexity index is 1080. The van der Waals surface area contributed by atoms with Gasteiger partial charge in [-0.1, -0.05) is 40.9 Å². The molecule has 0 fully saturated rings. The van der Waals surface area contributed by atoms with Crippen LogP contribution in [0.2, 0.25) is 0 Å². The van der Waals surface area contributed by atoms with E-state index >= 15 is 0 Å². The predicted octanol–water partition coefficient (Wildman–Crippen LogP) is 5.54. The number of hydrogen-bond donors (Lipinski definition) is 2. The highest BCUT2D eigenvalue weighted by molar-refractivity contribution is 8.01.